The number of sulfone groups is 1. The van der Waals surface area contributed by atoms with Gasteiger partial charge in [-0.1, -0.05) is 18.2 Å². The second-order valence-electron chi connectivity index (χ2n) is 7.43. The van der Waals surface area contributed by atoms with Crippen molar-refractivity contribution in [3.05, 3.63) is 70.9 Å². The lowest BCUT2D eigenvalue weighted by atomic mass is 10.1. The Morgan fingerprint density at radius 1 is 1.09 bits per heavy atom. The van der Waals surface area contributed by atoms with Gasteiger partial charge in [0.2, 0.25) is 0 Å². The smallest absolute Gasteiger partial charge is 0.329 e. The Morgan fingerprint density at radius 3 is 2.36 bits per heavy atom. The minimum Gasteiger partial charge on any atom is -0.458 e. The Morgan fingerprint density at radius 2 is 1.76 bits per heavy atom. The standard InChI is InChI=1S/C22H19N3O6S2/c1-33(29,30)11-9-18(25-20(26)15-6-2-3-7-16(15)21(25)27)22(28)31-12-14-13-32-19(24-14)17-8-4-5-10-23-17/h2-8,10,13,18H,9,11-12H2,1H3. The number of aromatic nitrogens is 2. The van der Waals surface area contributed by atoms with Crippen LogP contribution in [0, 0.1) is 0 Å². The molecule has 0 radical (unpaired) electrons. The van der Waals surface area contributed by atoms with Crippen LogP contribution >= 0.6 is 11.3 Å². The normalized spacial score (nSPS) is 14.3. The summed E-state index contributed by atoms with van der Waals surface area (Å²) in [5.41, 5.74) is 1.48. The van der Waals surface area contributed by atoms with Crippen molar-refractivity contribution in [1.29, 1.82) is 0 Å². The molecular weight excluding hydrogens is 466 g/mol. The topological polar surface area (TPSA) is 124 Å². The molecule has 33 heavy (non-hydrogen) atoms. The summed E-state index contributed by atoms with van der Waals surface area (Å²) in [5, 5.41) is 2.36. The summed E-state index contributed by atoms with van der Waals surface area (Å²) in [5.74, 6) is -2.57. The molecule has 9 nitrogen and oxygen atoms in total. The number of fused-ring (bicyclic) bond motifs is 1. The number of ether oxygens (including phenoxy) is 1. The number of carbonyl (C=O) groups is 3. The molecule has 1 aliphatic rings. The summed E-state index contributed by atoms with van der Waals surface area (Å²) in [7, 11) is -3.45. The average molecular weight is 486 g/mol. The Hall–Kier alpha value is -3.44. The number of esters is 1. The number of hydrogen-bond donors (Lipinski definition) is 0. The molecule has 3 heterocycles. The molecule has 11 heteroatoms. The summed E-state index contributed by atoms with van der Waals surface area (Å²) < 4.78 is 28.8. The van der Waals surface area contributed by atoms with Gasteiger partial charge in [-0.25, -0.2) is 18.2 Å². The fourth-order valence-electron chi connectivity index (χ4n) is 3.39. The van der Waals surface area contributed by atoms with Gasteiger partial charge in [-0.15, -0.1) is 11.3 Å². The van der Waals surface area contributed by atoms with Crippen molar-refractivity contribution in [2.45, 2.75) is 19.1 Å². The van der Waals surface area contributed by atoms with Crippen LogP contribution in [0.1, 0.15) is 32.8 Å². The number of benzene rings is 1. The summed E-state index contributed by atoms with van der Waals surface area (Å²) in [4.78, 5) is 48.0. The largest absolute Gasteiger partial charge is 0.458 e. The van der Waals surface area contributed by atoms with Gasteiger partial charge in [0.1, 0.15) is 27.5 Å². The highest BCUT2D eigenvalue weighted by molar-refractivity contribution is 7.90. The first-order chi connectivity index (χ1) is 15.7. The summed E-state index contributed by atoms with van der Waals surface area (Å²) in [6, 6.07) is 10.2. The zero-order valence-corrected chi connectivity index (χ0v) is 19.1. The lowest BCUT2D eigenvalue weighted by molar-refractivity contribution is -0.149. The lowest BCUT2D eigenvalue weighted by Gasteiger charge is -2.24. The summed E-state index contributed by atoms with van der Waals surface area (Å²) in [6.07, 6.45) is 2.40. The molecule has 1 atom stereocenters. The van der Waals surface area contributed by atoms with Crippen LogP contribution < -0.4 is 0 Å². The van der Waals surface area contributed by atoms with E-state index >= 15 is 0 Å². The van der Waals surface area contributed by atoms with E-state index in [0.29, 0.717) is 16.4 Å². The van der Waals surface area contributed by atoms with E-state index in [4.69, 9.17) is 4.74 Å². The van der Waals surface area contributed by atoms with E-state index < -0.39 is 33.7 Å². The highest BCUT2D eigenvalue weighted by Gasteiger charge is 2.43. The second kappa shape index (κ2) is 9.20. The van der Waals surface area contributed by atoms with Gasteiger partial charge in [-0.2, -0.15) is 0 Å². The molecule has 0 saturated carbocycles. The highest BCUT2D eigenvalue weighted by atomic mass is 32.2. The number of carbonyl (C=O) groups excluding carboxylic acids is 3. The minimum atomic E-state index is -3.45. The number of amides is 2. The van der Waals surface area contributed by atoms with Crippen LogP contribution in [0.5, 0.6) is 0 Å². The quantitative estimate of drug-likeness (QED) is 0.352. The number of nitrogens with zero attached hydrogens (tertiary/aromatic N) is 3. The molecule has 170 valence electrons. The number of pyridine rings is 1. The minimum absolute atomic E-state index is 0.166. The third kappa shape index (κ3) is 4.99. The molecule has 0 saturated heterocycles. The first-order valence-corrected chi connectivity index (χ1v) is 12.9. The van der Waals surface area contributed by atoms with Crippen LogP contribution in [0.3, 0.4) is 0 Å². The van der Waals surface area contributed by atoms with Crippen molar-refractivity contribution < 1.29 is 27.5 Å². The van der Waals surface area contributed by atoms with Crippen molar-refractivity contribution in [3.8, 4) is 10.7 Å². The van der Waals surface area contributed by atoms with E-state index in [1.165, 1.54) is 23.5 Å². The van der Waals surface area contributed by atoms with Crippen LogP contribution in [-0.4, -0.2) is 59.1 Å². The van der Waals surface area contributed by atoms with Crippen LogP contribution in [0.4, 0.5) is 0 Å². The van der Waals surface area contributed by atoms with Crippen LogP contribution in [0.15, 0.2) is 54.0 Å². The maximum Gasteiger partial charge on any atom is 0.329 e. The number of thiazole rings is 1. The van der Waals surface area contributed by atoms with Gasteiger partial charge in [0.25, 0.3) is 11.8 Å². The molecule has 1 aliphatic heterocycles. The Labute approximate surface area is 194 Å². The monoisotopic (exact) mass is 485 g/mol. The molecule has 0 N–H and O–H groups in total. The van der Waals surface area contributed by atoms with Crippen molar-refractivity contribution in [1.82, 2.24) is 14.9 Å². The van der Waals surface area contributed by atoms with E-state index in [2.05, 4.69) is 9.97 Å². The van der Waals surface area contributed by atoms with E-state index in [-0.39, 0.29) is 29.9 Å². The molecule has 3 aromatic rings. The molecular formula is C22H19N3O6S2. The van der Waals surface area contributed by atoms with Gasteiger partial charge in [-0.3, -0.25) is 19.5 Å². The van der Waals surface area contributed by atoms with E-state index in [0.717, 1.165) is 11.2 Å². The zero-order valence-electron chi connectivity index (χ0n) is 17.5. The first kappa shape index (κ1) is 22.7. The van der Waals surface area contributed by atoms with Gasteiger partial charge in [0, 0.05) is 17.8 Å². The molecule has 0 fully saturated rings. The average Bonchev–Trinajstić information content (AvgIpc) is 3.37. The second-order valence-corrected chi connectivity index (χ2v) is 10.5. The third-order valence-corrected chi connectivity index (χ3v) is 6.86. The molecule has 2 aromatic heterocycles. The van der Waals surface area contributed by atoms with Crippen molar-refractivity contribution in [2.75, 3.05) is 12.0 Å². The van der Waals surface area contributed by atoms with Gasteiger partial charge in [-0.05, 0) is 30.7 Å². The molecule has 1 aromatic carbocycles. The SMILES string of the molecule is CS(=O)(=O)CCC(C(=O)OCc1csc(-c2ccccn2)n1)N1C(=O)c2ccccc2C1=O. The van der Waals surface area contributed by atoms with E-state index in [9.17, 15) is 22.8 Å². The third-order valence-electron chi connectivity index (χ3n) is 4.97. The molecule has 0 aliphatic carbocycles. The van der Waals surface area contributed by atoms with Crippen LogP contribution in [-0.2, 0) is 26.0 Å². The van der Waals surface area contributed by atoms with Gasteiger partial charge in [0.05, 0.1) is 28.3 Å². The number of hydrogen-bond acceptors (Lipinski definition) is 9. The Bertz CT molecular complexity index is 1290. The molecule has 2 amide bonds. The zero-order chi connectivity index (χ0) is 23.6. The predicted octanol–water partition coefficient (Wildman–Crippen LogP) is 2.35. The van der Waals surface area contributed by atoms with E-state index in [1.54, 1.807) is 35.8 Å². The Balaban J connectivity index is 1.52. The number of rotatable bonds is 8. The van der Waals surface area contributed by atoms with E-state index in [1.807, 2.05) is 6.07 Å². The van der Waals surface area contributed by atoms with Gasteiger partial charge >= 0.3 is 5.97 Å². The lowest BCUT2D eigenvalue weighted by Crippen LogP contribution is -2.46. The first-order valence-electron chi connectivity index (χ1n) is 9.91. The van der Waals surface area contributed by atoms with Crippen LogP contribution in [0.25, 0.3) is 10.7 Å². The van der Waals surface area contributed by atoms with Crippen molar-refractivity contribution in [2.24, 2.45) is 0 Å². The number of imide groups is 1. The van der Waals surface area contributed by atoms with Crippen molar-refractivity contribution in [3.63, 3.8) is 0 Å². The Kier molecular flexibility index (Phi) is 6.34. The fourth-order valence-corrected chi connectivity index (χ4v) is 4.82. The summed E-state index contributed by atoms with van der Waals surface area (Å²) in [6.45, 7) is -0.194. The maximum absolute atomic E-state index is 12.9. The summed E-state index contributed by atoms with van der Waals surface area (Å²) >= 11 is 1.33. The van der Waals surface area contributed by atoms with Crippen molar-refractivity contribution >= 4 is 39.0 Å². The molecule has 0 bridgehead atoms. The molecule has 4 rings (SSSR count). The van der Waals surface area contributed by atoms with Crippen LogP contribution in [0.2, 0.25) is 0 Å². The highest BCUT2D eigenvalue weighted by Crippen LogP contribution is 2.27. The van der Waals surface area contributed by atoms with Gasteiger partial charge in [0.15, 0.2) is 0 Å². The fraction of sp³-hybridized carbons (Fsp3) is 0.227. The van der Waals surface area contributed by atoms with Gasteiger partial charge < -0.3 is 4.74 Å². The maximum atomic E-state index is 12.9. The molecule has 1 unspecified atom stereocenters. The predicted molar refractivity (Wildman–Crippen MR) is 120 cm³/mol. The molecule has 0 spiro atoms.